The van der Waals surface area contributed by atoms with Gasteiger partial charge in [0.05, 0.1) is 5.56 Å². The van der Waals surface area contributed by atoms with Crippen molar-refractivity contribution in [3.05, 3.63) is 52.8 Å². The lowest BCUT2D eigenvalue weighted by molar-refractivity contribution is -0.137. The number of hydrogen-bond donors (Lipinski definition) is 0. The second-order valence-electron chi connectivity index (χ2n) is 6.89. The van der Waals surface area contributed by atoms with Gasteiger partial charge < -0.3 is 4.57 Å². The minimum absolute atomic E-state index is 0.0338. The van der Waals surface area contributed by atoms with Crippen molar-refractivity contribution in [3.63, 3.8) is 0 Å². The van der Waals surface area contributed by atoms with E-state index in [2.05, 4.69) is 20.0 Å². The Bertz CT molecular complexity index is 1020. The zero-order valence-electron chi connectivity index (χ0n) is 15.9. The van der Waals surface area contributed by atoms with Gasteiger partial charge >= 0.3 is 6.18 Å². The number of alkyl halides is 3. The molecule has 1 aromatic carbocycles. The lowest BCUT2D eigenvalue weighted by Crippen LogP contribution is -2.14. The minimum Gasteiger partial charge on any atom is -0.346 e. The molecule has 2 heterocycles. The first-order chi connectivity index (χ1) is 13.1. The molecule has 0 bridgehead atoms. The van der Waals surface area contributed by atoms with E-state index in [0.717, 1.165) is 28.3 Å². The van der Waals surface area contributed by atoms with E-state index in [-0.39, 0.29) is 29.8 Å². The van der Waals surface area contributed by atoms with Crippen LogP contribution in [0.5, 0.6) is 0 Å². The first kappa shape index (κ1) is 19.8. The van der Waals surface area contributed by atoms with Crippen LogP contribution in [0, 0.1) is 13.8 Å². The number of tetrazole rings is 1. The summed E-state index contributed by atoms with van der Waals surface area (Å²) in [5.74, 6) is -0.153. The Morgan fingerprint density at radius 3 is 2.50 bits per heavy atom. The van der Waals surface area contributed by atoms with E-state index in [9.17, 15) is 18.0 Å². The maximum absolute atomic E-state index is 12.9. The predicted molar refractivity (Wildman–Crippen MR) is 96.9 cm³/mol. The number of carbonyl (C=O) groups excluding carboxylic acids is 1. The summed E-state index contributed by atoms with van der Waals surface area (Å²) in [4.78, 5) is 13.8. The van der Waals surface area contributed by atoms with E-state index in [1.54, 1.807) is 0 Å². The second-order valence-corrected chi connectivity index (χ2v) is 6.89. The monoisotopic (exact) mass is 391 g/mol. The fourth-order valence-corrected chi connectivity index (χ4v) is 3.33. The van der Waals surface area contributed by atoms with Crippen LogP contribution in [0.4, 0.5) is 13.2 Å². The first-order valence-electron chi connectivity index (χ1n) is 8.75. The van der Waals surface area contributed by atoms with Gasteiger partial charge in [0, 0.05) is 28.6 Å². The van der Waals surface area contributed by atoms with Gasteiger partial charge in [0.25, 0.3) is 0 Å². The summed E-state index contributed by atoms with van der Waals surface area (Å²) in [6.45, 7) is 7.74. The van der Waals surface area contributed by atoms with Crippen LogP contribution in [0.3, 0.4) is 0 Å². The van der Waals surface area contributed by atoms with Crippen LogP contribution in [0.25, 0.3) is 11.4 Å². The summed E-state index contributed by atoms with van der Waals surface area (Å²) >= 11 is 0. The second kappa shape index (κ2) is 7.21. The number of aromatic nitrogens is 5. The van der Waals surface area contributed by atoms with Crippen LogP contribution in [0.1, 0.15) is 47.2 Å². The highest BCUT2D eigenvalue weighted by Crippen LogP contribution is 2.31. The van der Waals surface area contributed by atoms with Crippen molar-refractivity contribution in [2.24, 2.45) is 0 Å². The zero-order chi connectivity index (χ0) is 20.6. The summed E-state index contributed by atoms with van der Waals surface area (Å²) in [6.07, 6.45) is -4.46. The number of benzene rings is 1. The van der Waals surface area contributed by atoms with Gasteiger partial charge in [-0.15, -0.1) is 10.2 Å². The Balaban J connectivity index is 1.82. The molecule has 6 nitrogen and oxygen atoms in total. The molecule has 3 aromatic rings. The Hall–Kier alpha value is -2.97. The molecule has 0 saturated carbocycles. The molecule has 3 rings (SSSR count). The van der Waals surface area contributed by atoms with Crippen molar-refractivity contribution in [2.75, 3.05) is 0 Å². The van der Waals surface area contributed by atoms with Crippen LogP contribution in [-0.2, 0) is 12.7 Å². The number of carbonyl (C=O) groups is 1. The lowest BCUT2D eigenvalue weighted by atomic mass is 10.1. The third-order valence-corrected chi connectivity index (χ3v) is 4.49. The Labute approximate surface area is 160 Å². The van der Waals surface area contributed by atoms with Gasteiger partial charge in [0.2, 0.25) is 5.82 Å². The van der Waals surface area contributed by atoms with E-state index in [1.807, 2.05) is 33.8 Å². The molecule has 0 spiro atoms. The highest BCUT2D eigenvalue weighted by molar-refractivity contribution is 5.97. The van der Waals surface area contributed by atoms with Gasteiger partial charge in [-0.2, -0.15) is 18.0 Å². The van der Waals surface area contributed by atoms with Crippen molar-refractivity contribution in [1.29, 1.82) is 0 Å². The molecular weight excluding hydrogens is 371 g/mol. The molecule has 0 aliphatic carbocycles. The summed E-state index contributed by atoms with van der Waals surface area (Å²) in [5.41, 5.74) is 1.80. The summed E-state index contributed by atoms with van der Waals surface area (Å²) in [7, 11) is 0. The molecule has 0 fully saturated rings. The van der Waals surface area contributed by atoms with Crippen LogP contribution < -0.4 is 0 Å². The quantitative estimate of drug-likeness (QED) is 0.610. The van der Waals surface area contributed by atoms with Crippen molar-refractivity contribution in [1.82, 2.24) is 24.8 Å². The molecule has 0 aliphatic heterocycles. The molecule has 2 aromatic heterocycles. The van der Waals surface area contributed by atoms with Crippen molar-refractivity contribution in [3.8, 4) is 11.4 Å². The molecule has 0 aliphatic rings. The van der Waals surface area contributed by atoms with E-state index in [1.165, 1.54) is 12.1 Å². The first-order valence-corrected chi connectivity index (χ1v) is 8.75. The number of aryl methyl sites for hydroxylation is 1. The van der Waals surface area contributed by atoms with Gasteiger partial charge in [0.1, 0.15) is 6.54 Å². The van der Waals surface area contributed by atoms with Crippen molar-refractivity contribution < 1.29 is 18.0 Å². The number of Topliss-reactive ketones (excluding diaryl/α,β-unsaturated/α-hetero) is 1. The van der Waals surface area contributed by atoms with Crippen LogP contribution in [-0.4, -0.2) is 30.6 Å². The SMILES string of the molecule is Cc1cc(C(=O)Cn2nnc(-c3cccc(C(F)(F)F)c3)n2)c(C)n1C(C)C. The van der Waals surface area contributed by atoms with Gasteiger partial charge in [-0.3, -0.25) is 4.79 Å². The van der Waals surface area contributed by atoms with Gasteiger partial charge in [-0.05, 0) is 51.1 Å². The molecule has 0 unspecified atom stereocenters. The van der Waals surface area contributed by atoms with Gasteiger partial charge in [-0.25, -0.2) is 0 Å². The molecule has 28 heavy (non-hydrogen) atoms. The van der Waals surface area contributed by atoms with E-state index < -0.39 is 11.7 Å². The van der Waals surface area contributed by atoms with E-state index in [0.29, 0.717) is 5.56 Å². The van der Waals surface area contributed by atoms with Crippen molar-refractivity contribution in [2.45, 2.75) is 46.5 Å². The largest absolute Gasteiger partial charge is 0.416 e. The summed E-state index contributed by atoms with van der Waals surface area (Å²) < 4.78 is 40.7. The molecule has 0 amide bonds. The molecule has 0 atom stereocenters. The van der Waals surface area contributed by atoms with E-state index >= 15 is 0 Å². The van der Waals surface area contributed by atoms with Crippen molar-refractivity contribution >= 4 is 5.78 Å². The zero-order valence-corrected chi connectivity index (χ0v) is 15.9. The molecule has 148 valence electrons. The Kier molecular flexibility index (Phi) is 5.10. The van der Waals surface area contributed by atoms with Gasteiger partial charge in [0.15, 0.2) is 5.78 Å². The van der Waals surface area contributed by atoms with Crippen LogP contribution in [0.15, 0.2) is 30.3 Å². The Morgan fingerprint density at radius 1 is 1.18 bits per heavy atom. The number of nitrogens with zero attached hydrogens (tertiary/aromatic N) is 5. The van der Waals surface area contributed by atoms with Gasteiger partial charge in [-0.1, -0.05) is 12.1 Å². The summed E-state index contributed by atoms with van der Waals surface area (Å²) in [5, 5.41) is 11.7. The maximum atomic E-state index is 12.9. The van der Waals surface area contributed by atoms with E-state index in [4.69, 9.17) is 0 Å². The van der Waals surface area contributed by atoms with Crippen LogP contribution >= 0.6 is 0 Å². The average molecular weight is 391 g/mol. The highest BCUT2D eigenvalue weighted by atomic mass is 19.4. The lowest BCUT2D eigenvalue weighted by Gasteiger charge is -2.13. The summed E-state index contributed by atoms with van der Waals surface area (Å²) in [6, 6.07) is 6.72. The molecule has 0 saturated heterocycles. The minimum atomic E-state index is -4.46. The molecular formula is C19H20F3N5O. The third kappa shape index (κ3) is 3.83. The third-order valence-electron chi connectivity index (χ3n) is 4.49. The predicted octanol–water partition coefficient (Wildman–Crippen LogP) is 4.24. The highest BCUT2D eigenvalue weighted by Gasteiger charge is 2.30. The average Bonchev–Trinajstić information content (AvgIpc) is 3.18. The Morgan fingerprint density at radius 2 is 1.89 bits per heavy atom. The standard InChI is InChI=1S/C19H20F3N5O/c1-11(2)27-12(3)8-16(13(27)4)17(28)10-26-24-18(23-25-26)14-6-5-7-15(9-14)19(20,21)22/h5-9,11H,10H2,1-4H3. The number of hydrogen-bond acceptors (Lipinski definition) is 4. The maximum Gasteiger partial charge on any atom is 0.416 e. The smallest absolute Gasteiger partial charge is 0.346 e. The van der Waals surface area contributed by atoms with Crippen LogP contribution in [0.2, 0.25) is 0 Å². The fourth-order valence-electron chi connectivity index (χ4n) is 3.33. The topological polar surface area (TPSA) is 65.6 Å². The normalized spacial score (nSPS) is 12.0. The number of ketones is 1. The fraction of sp³-hybridized carbons (Fsp3) is 0.368. The molecule has 0 radical (unpaired) electrons. The molecule has 9 heteroatoms. The molecule has 0 N–H and O–H groups in total. The number of rotatable bonds is 5. The number of halogens is 3.